The summed E-state index contributed by atoms with van der Waals surface area (Å²) in [5.74, 6) is 1.48. The van der Waals surface area contributed by atoms with Crippen molar-refractivity contribution >= 4 is 17.3 Å². The number of aliphatic imine (C=N–C) groups is 1. The quantitative estimate of drug-likeness (QED) is 0.624. The van der Waals surface area contributed by atoms with Crippen LogP contribution in [0, 0.1) is 11.3 Å². The second kappa shape index (κ2) is 7.09. The van der Waals surface area contributed by atoms with E-state index in [-0.39, 0.29) is 5.41 Å². The van der Waals surface area contributed by atoms with Gasteiger partial charge in [0.1, 0.15) is 0 Å². The van der Waals surface area contributed by atoms with Gasteiger partial charge in [-0.3, -0.25) is 4.99 Å². The van der Waals surface area contributed by atoms with Gasteiger partial charge in [-0.05, 0) is 23.8 Å². The molecule has 1 saturated heterocycles. The normalized spacial score (nSPS) is 19.2. The van der Waals surface area contributed by atoms with E-state index in [0.29, 0.717) is 5.92 Å². The van der Waals surface area contributed by atoms with E-state index < -0.39 is 0 Å². The molecule has 0 radical (unpaired) electrons. The number of ether oxygens (including phenoxy) is 1. The fourth-order valence-electron chi connectivity index (χ4n) is 2.19. The van der Waals surface area contributed by atoms with E-state index in [4.69, 9.17) is 4.74 Å². The summed E-state index contributed by atoms with van der Waals surface area (Å²) >= 11 is 1.83. The Kier molecular flexibility index (Phi) is 5.43. The maximum Gasteiger partial charge on any atom is 0.191 e. The molecule has 112 valence electrons. The molecule has 1 atom stereocenters. The van der Waals surface area contributed by atoms with Crippen molar-refractivity contribution in [3.63, 3.8) is 0 Å². The van der Waals surface area contributed by atoms with Crippen LogP contribution >= 0.6 is 11.3 Å². The molecule has 0 spiro atoms. The predicted molar refractivity (Wildman–Crippen MR) is 85.5 cm³/mol. The second-order valence-electron chi connectivity index (χ2n) is 6.00. The van der Waals surface area contributed by atoms with Gasteiger partial charge in [0.2, 0.25) is 0 Å². The van der Waals surface area contributed by atoms with Gasteiger partial charge in [-0.1, -0.05) is 19.9 Å². The second-order valence-corrected chi connectivity index (χ2v) is 7.03. The molecule has 1 fully saturated rings. The molecule has 1 aliphatic rings. The Morgan fingerprint density at radius 1 is 1.50 bits per heavy atom. The average Bonchev–Trinajstić information content (AvgIpc) is 2.89. The van der Waals surface area contributed by atoms with Gasteiger partial charge < -0.3 is 15.4 Å². The van der Waals surface area contributed by atoms with Crippen molar-refractivity contribution in [2.75, 3.05) is 33.4 Å². The Labute approximate surface area is 125 Å². The maximum atomic E-state index is 5.26. The number of hydrogen-bond donors (Lipinski definition) is 2. The Morgan fingerprint density at radius 2 is 2.30 bits per heavy atom. The summed E-state index contributed by atoms with van der Waals surface area (Å²) in [6.45, 7) is 8.02. The first kappa shape index (κ1) is 15.3. The lowest BCUT2D eigenvalue weighted by atomic mass is 9.89. The van der Waals surface area contributed by atoms with Crippen molar-refractivity contribution in [3.05, 3.63) is 22.4 Å². The van der Waals surface area contributed by atoms with E-state index in [1.54, 1.807) is 0 Å². The molecule has 0 bridgehead atoms. The highest BCUT2D eigenvalue weighted by atomic mass is 32.1. The summed E-state index contributed by atoms with van der Waals surface area (Å²) in [6.07, 6.45) is 1.12. The Balaban J connectivity index is 1.68. The molecule has 0 aromatic carbocycles. The number of rotatable bonds is 6. The van der Waals surface area contributed by atoms with Crippen molar-refractivity contribution in [2.45, 2.75) is 20.3 Å². The minimum Gasteiger partial charge on any atom is -0.380 e. The van der Waals surface area contributed by atoms with E-state index in [0.717, 1.165) is 38.7 Å². The van der Waals surface area contributed by atoms with E-state index in [9.17, 15) is 0 Å². The monoisotopic (exact) mass is 295 g/mol. The largest absolute Gasteiger partial charge is 0.380 e. The van der Waals surface area contributed by atoms with Gasteiger partial charge in [0, 0.05) is 30.4 Å². The fourth-order valence-corrected chi connectivity index (χ4v) is 3.06. The molecule has 1 aromatic rings. The standard InChI is InChI=1S/C15H25N3OS/c1-12(7-13-5-4-6-20-13)8-17-14(16-3)18-9-15(2)10-19-11-15/h4-6,12H,7-11H2,1-3H3,(H2,16,17,18). The zero-order valence-corrected chi connectivity index (χ0v) is 13.4. The van der Waals surface area contributed by atoms with Gasteiger partial charge in [0.15, 0.2) is 5.96 Å². The van der Waals surface area contributed by atoms with Crippen LogP contribution in [0.5, 0.6) is 0 Å². The molecule has 0 amide bonds. The first-order valence-corrected chi connectivity index (χ1v) is 8.04. The van der Waals surface area contributed by atoms with Crippen molar-refractivity contribution in [2.24, 2.45) is 16.3 Å². The third kappa shape index (κ3) is 4.49. The van der Waals surface area contributed by atoms with Crippen molar-refractivity contribution < 1.29 is 4.74 Å². The lowest BCUT2D eigenvalue weighted by molar-refractivity contribution is -0.0971. The summed E-state index contributed by atoms with van der Waals surface area (Å²) in [7, 11) is 1.82. The molecule has 1 aliphatic heterocycles. The maximum absolute atomic E-state index is 5.26. The fraction of sp³-hybridized carbons (Fsp3) is 0.667. The SMILES string of the molecule is CN=C(NCC(C)Cc1cccs1)NCC1(C)COC1. The molecular weight excluding hydrogens is 270 g/mol. The predicted octanol–water partition coefficient (Wildman–Crippen LogP) is 2.13. The Bertz CT molecular complexity index is 426. The van der Waals surface area contributed by atoms with Gasteiger partial charge in [0.05, 0.1) is 13.2 Å². The third-order valence-electron chi connectivity index (χ3n) is 3.55. The van der Waals surface area contributed by atoms with Crippen LogP contribution in [0.2, 0.25) is 0 Å². The van der Waals surface area contributed by atoms with Crippen molar-refractivity contribution in [3.8, 4) is 0 Å². The number of guanidine groups is 1. The molecule has 20 heavy (non-hydrogen) atoms. The topological polar surface area (TPSA) is 45.7 Å². The van der Waals surface area contributed by atoms with Gasteiger partial charge in [-0.25, -0.2) is 0 Å². The molecule has 4 nitrogen and oxygen atoms in total. The van der Waals surface area contributed by atoms with Crippen LogP contribution in [0.3, 0.4) is 0 Å². The van der Waals surface area contributed by atoms with Gasteiger partial charge in [-0.2, -0.15) is 0 Å². The van der Waals surface area contributed by atoms with Gasteiger partial charge in [-0.15, -0.1) is 11.3 Å². The van der Waals surface area contributed by atoms with Gasteiger partial charge >= 0.3 is 0 Å². The first-order valence-electron chi connectivity index (χ1n) is 7.16. The summed E-state index contributed by atoms with van der Waals surface area (Å²) in [5.41, 5.74) is 0.264. The highest BCUT2D eigenvalue weighted by Crippen LogP contribution is 2.24. The minimum atomic E-state index is 0.264. The third-order valence-corrected chi connectivity index (χ3v) is 4.45. The van der Waals surface area contributed by atoms with Crippen LogP contribution < -0.4 is 10.6 Å². The molecule has 5 heteroatoms. The highest BCUT2D eigenvalue weighted by Gasteiger charge is 2.33. The molecule has 2 heterocycles. The van der Waals surface area contributed by atoms with Crippen LogP contribution in [0.15, 0.2) is 22.5 Å². The molecule has 0 aliphatic carbocycles. The summed E-state index contributed by atoms with van der Waals surface area (Å²) in [5, 5.41) is 8.93. The molecule has 0 saturated carbocycles. The zero-order chi connectivity index (χ0) is 14.4. The minimum absolute atomic E-state index is 0.264. The molecule has 1 aromatic heterocycles. The lowest BCUT2D eigenvalue weighted by Gasteiger charge is -2.38. The summed E-state index contributed by atoms with van der Waals surface area (Å²) < 4.78 is 5.26. The van der Waals surface area contributed by atoms with Crippen molar-refractivity contribution in [1.29, 1.82) is 0 Å². The number of thiophene rings is 1. The zero-order valence-electron chi connectivity index (χ0n) is 12.6. The smallest absolute Gasteiger partial charge is 0.191 e. The number of nitrogens with one attached hydrogen (secondary N) is 2. The molecule has 2 N–H and O–H groups in total. The van der Waals surface area contributed by atoms with E-state index in [2.05, 4.69) is 47.0 Å². The summed E-state index contributed by atoms with van der Waals surface area (Å²) in [6, 6.07) is 4.31. The van der Waals surface area contributed by atoms with Crippen LogP contribution in [0.1, 0.15) is 18.7 Å². The van der Waals surface area contributed by atoms with Crippen LogP contribution in [0.25, 0.3) is 0 Å². The Morgan fingerprint density at radius 3 is 2.85 bits per heavy atom. The number of hydrogen-bond acceptors (Lipinski definition) is 3. The first-order chi connectivity index (χ1) is 9.61. The van der Waals surface area contributed by atoms with E-state index >= 15 is 0 Å². The average molecular weight is 295 g/mol. The summed E-state index contributed by atoms with van der Waals surface area (Å²) in [4.78, 5) is 5.72. The lowest BCUT2D eigenvalue weighted by Crippen LogP contribution is -2.51. The van der Waals surface area contributed by atoms with Crippen LogP contribution in [-0.2, 0) is 11.2 Å². The van der Waals surface area contributed by atoms with Gasteiger partial charge in [0.25, 0.3) is 0 Å². The van der Waals surface area contributed by atoms with Crippen LogP contribution in [0.4, 0.5) is 0 Å². The molecular formula is C15H25N3OS. The number of nitrogens with zero attached hydrogens (tertiary/aromatic N) is 1. The molecule has 1 unspecified atom stereocenters. The van der Waals surface area contributed by atoms with E-state index in [1.165, 1.54) is 4.88 Å². The van der Waals surface area contributed by atoms with Crippen LogP contribution in [-0.4, -0.2) is 39.3 Å². The highest BCUT2D eigenvalue weighted by molar-refractivity contribution is 7.09. The van der Waals surface area contributed by atoms with Crippen molar-refractivity contribution in [1.82, 2.24) is 10.6 Å². The van der Waals surface area contributed by atoms with E-state index in [1.807, 2.05) is 18.4 Å². The molecule has 2 rings (SSSR count). The Hall–Kier alpha value is -1.07.